The van der Waals surface area contributed by atoms with Crippen molar-refractivity contribution in [1.82, 2.24) is 14.9 Å². The van der Waals surface area contributed by atoms with E-state index in [0.717, 1.165) is 41.9 Å². The van der Waals surface area contributed by atoms with Crippen molar-refractivity contribution in [3.63, 3.8) is 0 Å². The fraction of sp³-hybridized carbons (Fsp3) is 0.500. The molecule has 0 radical (unpaired) electrons. The summed E-state index contributed by atoms with van der Waals surface area (Å²) in [5.74, 6) is 1.65. The summed E-state index contributed by atoms with van der Waals surface area (Å²) in [6, 6.07) is 8.00. The van der Waals surface area contributed by atoms with Gasteiger partial charge in [-0.05, 0) is 32.6 Å². The van der Waals surface area contributed by atoms with Gasteiger partial charge in [0.25, 0.3) is 0 Å². The number of benzene rings is 1. The van der Waals surface area contributed by atoms with Gasteiger partial charge in [-0.2, -0.15) is 0 Å². The van der Waals surface area contributed by atoms with Gasteiger partial charge in [-0.25, -0.2) is 9.97 Å². The highest BCUT2D eigenvalue weighted by Crippen LogP contribution is 2.21. The first-order valence-corrected chi connectivity index (χ1v) is 7.41. The maximum Gasteiger partial charge on any atom is 0.137 e. The molecule has 5 nitrogen and oxygen atoms in total. The summed E-state index contributed by atoms with van der Waals surface area (Å²) in [7, 11) is 4.08. The van der Waals surface area contributed by atoms with E-state index >= 15 is 0 Å². The van der Waals surface area contributed by atoms with Gasteiger partial charge in [0.05, 0.1) is 18.2 Å². The number of para-hydroxylation sites is 1. The maximum absolute atomic E-state index is 9.39. The molecule has 0 saturated heterocycles. The lowest BCUT2D eigenvalue weighted by molar-refractivity contribution is 0.271. The zero-order chi connectivity index (χ0) is 15.2. The highest BCUT2D eigenvalue weighted by Gasteiger charge is 2.11. The molecule has 0 amide bonds. The van der Waals surface area contributed by atoms with Crippen LogP contribution in [-0.4, -0.2) is 53.3 Å². The number of aliphatic hydroxyl groups is 1. The molecular formula is C16H24N4O. The Balaban J connectivity index is 2.35. The second-order valence-electron chi connectivity index (χ2n) is 5.49. The number of rotatable bonds is 7. The molecule has 0 fully saturated rings. The number of nitrogens with zero attached hydrogens (tertiary/aromatic N) is 3. The van der Waals surface area contributed by atoms with E-state index in [-0.39, 0.29) is 12.6 Å². The van der Waals surface area contributed by atoms with Crippen LogP contribution in [0.2, 0.25) is 0 Å². The average molecular weight is 288 g/mol. The topological polar surface area (TPSA) is 61.3 Å². The average Bonchev–Trinajstić information content (AvgIpc) is 2.50. The Hall–Kier alpha value is -1.72. The van der Waals surface area contributed by atoms with E-state index in [1.54, 1.807) is 0 Å². The Morgan fingerprint density at radius 2 is 2.00 bits per heavy atom. The van der Waals surface area contributed by atoms with E-state index in [1.807, 2.05) is 45.3 Å². The normalized spacial score (nSPS) is 12.8. The summed E-state index contributed by atoms with van der Waals surface area (Å²) in [4.78, 5) is 11.4. The molecule has 1 aromatic heterocycles. The third-order valence-electron chi connectivity index (χ3n) is 3.49. The number of hydrogen-bond acceptors (Lipinski definition) is 5. The largest absolute Gasteiger partial charge is 0.394 e. The molecule has 2 N–H and O–H groups in total. The first-order valence-electron chi connectivity index (χ1n) is 7.41. The third-order valence-corrected chi connectivity index (χ3v) is 3.49. The van der Waals surface area contributed by atoms with Crippen molar-refractivity contribution in [2.45, 2.75) is 25.8 Å². The van der Waals surface area contributed by atoms with Crippen LogP contribution in [-0.2, 0) is 6.42 Å². The van der Waals surface area contributed by atoms with Gasteiger partial charge in [0, 0.05) is 18.4 Å². The molecule has 5 heteroatoms. The monoisotopic (exact) mass is 288 g/mol. The van der Waals surface area contributed by atoms with Crippen LogP contribution in [0, 0.1) is 0 Å². The van der Waals surface area contributed by atoms with Crippen molar-refractivity contribution in [2.24, 2.45) is 0 Å². The molecule has 1 heterocycles. The lowest BCUT2D eigenvalue weighted by Crippen LogP contribution is -2.24. The highest BCUT2D eigenvalue weighted by molar-refractivity contribution is 5.89. The summed E-state index contributed by atoms with van der Waals surface area (Å²) in [5, 5.41) is 13.7. The van der Waals surface area contributed by atoms with E-state index in [0.29, 0.717) is 0 Å². The van der Waals surface area contributed by atoms with Gasteiger partial charge in [0.15, 0.2) is 0 Å². The van der Waals surface area contributed by atoms with E-state index < -0.39 is 0 Å². The van der Waals surface area contributed by atoms with Crippen LogP contribution >= 0.6 is 0 Å². The Kier molecular flexibility index (Phi) is 5.47. The van der Waals surface area contributed by atoms with Crippen molar-refractivity contribution in [1.29, 1.82) is 0 Å². The minimum atomic E-state index is 0.0185. The van der Waals surface area contributed by atoms with Crippen molar-refractivity contribution in [3.05, 3.63) is 30.1 Å². The number of likely N-dealkylation sites (N-methyl/N-ethyl adjacent to an activating group) is 1. The van der Waals surface area contributed by atoms with Gasteiger partial charge >= 0.3 is 0 Å². The van der Waals surface area contributed by atoms with E-state index in [9.17, 15) is 5.11 Å². The van der Waals surface area contributed by atoms with Crippen LogP contribution in [0.25, 0.3) is 10.9 Å². The van der Waals surface area contributed by atoms with Crippen molar-refractivity contribution in [3.8, 4) is 0 Å². The Morgan fingerprint density at radius 1 is 1.24 bits per heavy atom. The van der Waals surface area contributed by atoms with Crippen molar-refractivity contribution >= 4 is 16.7 Å². The van der Waals surface area contributed by atoms with Gasteiger partial charge in [0.2, 0.25) is 0 Å². The number of aromatic nitrogens is 2. The fourth-order valence-corrected chi connectivity index (χ4v) is 2.14. The first kappa shape index (κ1) is 15.7. The van der Waals surface area contributed by atoms with Crippen LogP contribution in [0.1, 0.15) is 19.2 Å². The minimum Gasteiger partial charge on any atom is -0.394 e. The molecule has 0 spiro atoms. The van der Waals surface area contributed by atoms with Gasteiger partial charge in [-0.3, -0.25) is 0 Å². The van der Waals surface area contributed by atoms with Crippen molar-refractivity contribution < 1.29 is 5.11 Å². The van der Waals surface area contributed by atoms with E-state index in [2.05, 4.69) is 20.2 Å². The molecule has 2 aromatic rings. The molecule has 1 atom stereocenters. The molecule has 0 unspecified atom stereocenters. The van der Waals surface area contributed by atoms with E-state index in [4.69, 9.17) is 0 Å². The summed E-state index contributed by atoms with van der Waals surface area (Å²) < 4.78 is 0. The Bertz CT molecular complexity index is 581. The first-order chi connectivity index (χ1) is 10.1. The quantitative estimate of drug-likeness (QED) is 0.815. The summed E-state index contributed by atoms with van der Waals surface area (Å²) in [6.45, 7) is 3.06. The summed E-state index contributed by atoms with van der Waals surface area (Å²) in [6.07, 6.45) is 1.66. The summed E-state index contributed by atoms with van der Waals surface area (Å²) >= 11 is 0. The number of aliphatic hydroxyl groups excluding tert-OH is 1. The highest BCUT2D eigenvalue weighted by atomic mass is 16.3. The molecule has 0 aliphatic carbocycles. The number of hydrogen-bond donors (Lipinski definition) is 2. The molecule has 2 rings (SSSR count). The van der Waals surface area contributed by atoms with Gasteiger partial charge in [-0.1, -0.05) is 19.1 Å². The number of fused-ring (bicyclic) bond motifs is 1. The third kappa shape index (κ3) is 4.12. The predicted molar refractivity (Wildman–Crippen MR) is 86.6 cm³/mol. The number of nitrogens with one attached hydrogen (secondary N) is 1. The fourth-order valence-electron chi connectivity index (χ4n) is 2.14. The minimum absolute atomic E-state index is 0.0185. The van der Waals surface area contributed by atoms with Gasteiger partial charge < -0.3 is 15.3 Å². The van der Waals surface area contributed by atoms with Crippen LogP contribution in [0.3, 0.4) is 0 Å². The van der Waals surface area contributed by atoms with Crippen LogP contribution in [0.4, 0.5) is 5.82 Å². The molecule has 0 aliphatic rings. The number of anilines is 1. The zero-order valence-corrected chi connectivity index (χ0v) is 13.0. The van der Waals surface area contributed by atoms with Crippen LogP contribution in [0.5, 0.6) is 0 Å². The second-order valence-corrected chi connectivity index (χ2v) is 5.49. The molecule has 0 bridgehead atoms. The molecule has 21 heavy (non-hydrogen) atoms. The molecular weight excluding hydrogens is 264 g/mol. The van der Waals surface area contributed by atoms with Gasteiger partial charge in [-0.15, -0.1) is 0 Å². The Morgan fingerprint density at radius 3 is 2.67 bits per heavy atom. The standard InChI is InChI=1S/C16H24N4O/c1-4-12(11-21)17-16-13-7-5-6-8-14(13)18-15(19-16)9-10-20(2)3/h5-8,12,21H,4,9-11H2,1-3H3,(H,17,18,19)/t12-/m1/s1. The smallest absolute Gasteiger partial charge is 0.137 e. The maximum atomic E-state index is 9.39. The molecule has 0 saturated carbocycles. The summed E-state index contributed by atoms with van der Waals surface area (Å²) in [5.41, 5.74) is 0.941. The Labute approximate surface area is 126 Å². The lowest BCUT2D eigenvalue weighted by atomic mass is 10.2. The second kappa shape index (κ2) is 7.33. The molecule has 1 aromatic carbocycles. The predicted octanol–water partition coefficient (Wildman–Crippen LogP) is 1.92. The van der Waals surface area contributed by atoms with Gasteiger partial charge in [0.1, 0.15) is 11.6 Å². The molecule has 114 valence electrons. The zero-order valence-electron chi connectivity index (χ0n) is 13.0. The van der Waals surface area contributed by atoms with Crippen LogP contribution < -0.4 is 5.32 Å². The molecule has 0 aliphatic heterocycles. The van der Waals surface area contributed by atoms with Crippen LogP contribution in [0.15, 0.2) is 24.3 Å². The van der Waals surface area contributed by atoms with E-state index in [1.165, 1.54) is 0 Å². The SMILES string of the molecule is CC[C@H](CO)Nc1nc(CCN(C)C)nc2ccccc12. The van der Waals surface area contributed by atoms with Crippen molar-refractivity contribution in [2.75, 3.05) is 32.6 Å². The lowest BCUT2D eigenvalue weighted by Gasteiger charge is -2.17.